The van der Waals surface area contributed by atoms with Gasteiger partial charge >= 0.3 is 5.97 Å². The lowest BCUT2D eigenvalue weighted by Gasteiger charge is -2.28. The number of hydrogen-bond acceptors (Lipinski definition) is 4. The van der Waals surface area contributed by atoms with E-state index in [0.29, 0.717) is 37.9 Å². The third-order valence-electron chi connectivity index (χ3n) is 8.87. The fraction of sp³-hybridized carbons (Fsp3) is 0.364. The molecular weight excluding hydrogens is 574 g/mol. The maximum atomic E-state index is 15.1. The summed E-state index contributed by atoms with van der Waals surface area (Å²) in [7, 11) is 0. The minimum atomic E-state index is -1.32. The number of phenols is 1. The molecule has 1 aliphatic heterocycles. The lowest BCUT2D eigenvalue weighted by atomic mass is 9.78. The minimum Gasteiger partial charge on any atom is -0.505 e. The van der Waals surface area contributed by atoms with Gasteiger partial charge in [-0.2, -0.15) is 8.78 Å². The number of phenolic OH excluding ortho intramolecular Hbond substituents is 1. The van der Waals surface area contributed by atoms with E-state index in [0.717, 1.165) is 6.07 Å². The molecule has 3 aromatic carbocycles. The van der Waals surface area contributed by atoms with Crippen LogP contribution in [0.25, 0.3) is 5.57 Å². The van der Waals surface area contributed by atoms with Crippen molar-refractivity contribution in [3.8, 4) is 11.5 Å². The van der Waals surface area contributed by atoms with Crippen molar-refractivity contribution in [2.24, 2.45) is 5.92 Å². The smallest absolute Gasteiger partial charge is 0.314 e. The van der Waals surface area contributed by atoms with Crippen LogP contribution in [0.1, 0.15) is 85.1 Å². The number of aromatic hydroxyl groups is 1. The molecule has 226 valence electrons. The second-order valence-corrected chi connectivity index (χ2v) is 11.4. The SMILES string of the molecule is O=C(Oc1ccc(C2CC=C(c3ccc(C4CO4)c(F)c3F)CC2)c(F)c1F)C1CCC(c2ccc(O)c(F)c2F)CC1. The number of halogens is 6. The van der Waals surface area contributed by atoms with Gasteiger partial charge in [-0.05, 0) is 85.6 Å². The molecule has 3 aromatic rings. The number of epoxide rings is 1. The van der Waals surface area contributed by atoms with Crippen LogP contribution in [0.5, 0.6) is 11.5 Å². The van der Waals surface area contributed by atoms with Crippen LogP contribution in [0, 0.1) is 40.8 Å². The molecule has 0 radical (unpaired) electrons. The molecule has 10 heteroatoms. The summed E-state index contributed by atoms with van der Waals surface area (Å²) in [6.07, 6.45) is 3.56. The molecule has 0 aromatic heterocycles. The highest BCUT2D eigenvalue weighted by atomic mass is 19.2. The van der Waals surface area contributed by atoms with Crippen molar-refractivity contribution in [3.05, 3.63) is 99.6 Å². The van der Waals surface area contributed by atoms with E-state index in [4.69, 9.17) is 9.47 Å². The average molecular weight is 603 g/mol. The number of carbonyl (C=O) groups excluding carboxylic acids is 1. The first-order valence-corrected chi connectivity index (χ1v) is 14.3. The highest BCUT2D eigenvalue weighted by Crippen LogP contribution is 2.42. The van der Waals surface area contributed by atoms with E-state index < -0.39 is 70.3 Å². The van der Waals surface area contributed by atoms with Gasteiger partial charge in [-0.25, -0.2) is 17.6 Å². The molecule has 0 bridgehead atoms. The van der Waals surface area contributed by atoms with E-state index >= 15 is 8.78 Å². The fourth-order valence-corrected chi connectivity index (χ4v) is 6.29. The zero-order chi connectivity index (χ0) is 30.4. The molecule has 1 saturated carbocycles. The van der Waals surface area contributed by atoms with Gasteiger partial charge in [0.1, 0.15) is 6.10 Å². The molecule has 3 aliphatic rings. The van der Waals surface area contributed by atoms with Crippen LogP contribution in [-0.2, 0) is 9.53 Å². The molecule has 0 spiro atoms. The molecule has 1 heterocycles. The number of benzene rings is 3. The maximum absolute atomic E-state index is 15.1. The number of rotatable bonds is 6. The highest BCUT2D eigenvalue weighted by Gasteiger charge is 2.33. The van der Waals surface area contributed by atoms with Crippen molar-refractivity contribution >= 4 is 11.5 Å². The summed E-state index contributed by atoms with van der Waals surface area (Å²) in [6, 6.07) is 8.01. The Kier molecular flexibility index (Phi) is 7.98. The van der Waals surface area contributed by atoms with Gasteiger partial charge in [-0.15, -0.1) is 0 Å². The van der Waals surface area contributed by atoms with Gasteiger partial charge in [0.25, 0.3) is 0 Å². The zero-order valence-corrected chi connectivity index (χ0v) is 22.9. The Morgan fingerprint density at radius 3 is 2.02 bits per heavy atom. The van der Waals surface area contributed by atoms with Gasteiger partial charge in [-0.1, -0.05) is 30.3 Å². The van der Waals surface area contributed by atoms with Crippen LogP contribution in [0.15, 0.2) is 42.5 Å². The van der Waals surface area contributed by atoms with Crippen molar-refractivity contribution in [2.75, 3.05) is 6.61 Å². The molecule has 2 fully saturated rings. The number of carbonyl (C=O) groups is 1. The molecule has 2 atom stereocenters. The molecule has 2 unspecified atom stereocenters. The molecule has 4 nitrogen and oxygen atoms in total. The standard InChI is InChI=1S/C33H28F6O4/c34-27-20(9-10-23(30(27)37)26-15-42-26)16-1-3-17(4-2-16)22-12-14-25(32(39)29(22)36)43-33(41)19-7-5-18(6-8-19)21-11-13-24(40)31(38)28(21)35/h1,9-14,17-19,26,40H,2-8,15H2. The van der Waals surface area contributed by atoms with E-state index in [1.807, 2.05) is 0 Å². The lowest BCUT2D eigenvalue weighted by Crippen LogP contribution is -2.26. The van der Waals surface area contributed by atoms with Crippen LogP contribution >= 0.6 is 0 Å². The van der Waals surface area contributed by atoms with Crippen LogP contribution < -0.4 is 4.74 Å². The number of allylic oxidation sites excluding steroid dienone is 2. The highest BCUT2D eigenvalue weighted by molar-refractivity contribution is 5.75. The quantitative estimate of drug-likeness (QED) is 0.133. The van der Waals surface area contributed by atoms with Gasteiger partial charge in [0.15, 0.2) is 34.8 Å². The van der Waals surface area contributed by atoms with Crippen LogP contribution in [-0.4, -0.2) is 17.7 Å². The average Bonchev–Trinajstić information content (AvgIpc) is 3.86. The Labute approximate surface area is 243 Å². The topological polar surface area (TPSA) is 59.1 Å². The summed E-state index contributed by atoms with van der Waals surface area (Å²) in [5, 5.41) is 9.34. The second-order valence-electron chi connectivity index (χ2n) is 11.4. The van der Waals surface area contributed by atoms with Gasteiger partial charge in [-0.3, -0.25) is 4.79 Å². The molecule has 43 heavy (non-hydrogen) atoms. The van der Waals surface area contributed by atoms with Crippen molar-refractivity contribution in [1.82, 2.24) is 0 Å². The van der Waals surface area contributed by atoms with Crippen molar-refractivity contribution in [1.29, 1.82) is 0 Å². The molecular formula is C33H28F6O4. The van der Waals surface area contributed by atoms with Gasteiger partial charge in [0.2, 0.25) is 11.6 Å². The van der Waals surface area contributed by atoms with Crippen LogP contribution in [0.2, 0.25) is 0 Å². The summed E-state index contributed by atoms with van der Waals surface area (Å²) < 4.78 is 97.7. The first-order chi connectivity index (χ1) is 20.6. The van der Waals surface area contributed by atoms with E-state index in [1.54, 1.807) is 6.08 Å². The summed E-state index contributed by atoms with van der Waals surface area (Å²) in [5.41, 5.74) is 1.14. The Morgan fingerprint density at radius 2 is 1.35 bits per heavy atom. The Bertz CT molecular complexity index is 1610. The first kappa shape index (κ1) is 29.3. The third-order valence-corrected chi connectivity index (χ3v) is 8.87. The fourth-order valence-electron chi connectivity index (χ4n) is 6.29. The summed E-state index contributed by atoms with van der Waals surface area (Å²) in [6.45, 7) is 0.356. The van der Waals surface area contributed by atoms with Gasteiger partial charge < -0.3 is 14.6 Å². The molecule has 2 aliphatic carbocycles. The summed E-state index contributed by atoms with van der Waals surface area (Å²) in [4.78, 5) is 12.8. The predicted octanol–water partition coefficient (Wildman–Crippen LogP) is 8.53. The van der Waals surface area contributed by atoms with E-state index in [2.05, 4.69) is 0 Å². The normalized spacial score (nSPS) is 23.5. The summed E-state index contributed by atoms with van der Waals surface area (Å²) >= 11 is 0. The first-order valence-electron chi connectivity index (χ1n) is 14.3. The monoisotopic (exact) mass is 602 g/mol. The number of esters is 1. The number of ether oxygens (including phenoxy) is 2. The molecule has 0 amide bonds. The molecule has 1 saturated heterocycles. The molecule has 1 N–H and O–H groups in total. The van der Waals surface area contributed by atoms with Gasteiger partial charge in [0, 0.05) is 11.1 Å². The predicted molar refractivity (Wildman–Crippen MR) is 144 cm³/mol. The van der Waals surface area contributed by atoms with Crippen molar-refractivity contribution < 1.29 is 45.7 Å². The maximum Gasteiger partial charge on any atom is 0.314 e. The Hall–Kier alpha value is -3.79. The second kappa shape index (κ2) is 11.7. The lowest BCUT2D eigenvalue weighted by molar-refractivity contribution is -0.140. The van der Waals surface area contributed by atoms with Crippen molar-refractivity contribution in [3.63, 3.8) is 0 Å². The Morgan fingerprint density at radius 1 is 0.721 bits per heavy atom. The van der Waals surface area contributed by atoms with E-state index in [-0.39, 0.29) is 47.4 Å². The van der Waals surface area contributed by atoms with E-state index in [1.165, 1.54) is 30.3 Å². The van der Waals surface area contributed by atoms with Crippen molar-refractivity contribution in [2.45, 2.75) is 62.9 Å². The largest absolute Gasteiger partial charge is 0.505 e. The zero-order valence-electron chi connectivity index (χ0n) is 22.9. The van der Waals surface area contributed by atoms with Gasteiger partial charge in [0.05, 0.1) is 12.5 Å². The Balaban J connectivity index is 1.08. The minimum absolute atomic E-state index is 0.101. The molecule has 6 rings (SSSR count). The summed E-state index contributed by atoms with van der Waals surface area (Å²) in [5.74, 6) is -10.2. The van der Waals surface area contributed by atoms with Crippen LogP contribution in [0.3, 0.4) is 0 Å². The third kappa shape index (κ3) is 5.64. The van der Waals surface area contributed by atoms with Crippen LogP contribution in [0.4, 0.5) is 26.3 Å². The van der Waals surface area contributed by atoms with E-state index in [9.17, 15) is 27.5 Å². The number of hydrogen-bond donors (Lipinski definition) is 1.